The molecule has 1 aromatic carbocycles. The lowest BCUT2D eigenvalue weighted by atomic mass is 9.96. The molecule has 2 aliphatic rings. The number of nitrogens with one attached hydrogen (secondary N) is 1. The summed E-state index contributed by atoms with van der Waals surface area (Å²) in [6.07, 6.45) is -0.285. The summed E-state index contributed by atoms with van der Waals surface area (Å²) < 4.78 is 7.22. The lowest BCUT2D eigenvalue weighted by molar-refractivity contribution is -0.137. The number of nitrogens with two attached hydrogens (primary N) is 1. The highest BCUT2D eigenvalue weighted by molar-refractivity contribution is 5.82. The Balaban J connectivity index is 1.14. The number of nitrogen functional groups attached to an aromatic ring is 1. The van der Waals surface area contributed by atoms with Crippen molar-refractivity contribution in [3.63, 3.8) is 0 Å². The quantitative estimate of drug-likeness (QED) is 0.394. The van der Waals surface area contributed by atoms with E-state index in [2.05, 4.69) is 49.4 Å². The predicted octanol–water partition coefficient (Wildman–Crippen LogP) is 0.0561. The molecule has 3 aromatic rings. The van der Waals surface area contributed by atoms with Crippen LogP contribution in [0.2, 0.25) is 0 Å². The van der Waals surface area contributed by atoms with Crippen molar-refractivity contribution in [2.75, 3.05) is 25.4 Å². The normalized spacial score (nSPS) is 26.2. The molecule has 11 heteroatoms. The van der Waals surface area contributed by atoms with Gasteiger partial charge in [-0.15, -0.1) is 0 Å². The number of amides is 1. The third-order valence-electron chi connectivity index (χ3n) is 6.68. The van der Waals surface area contributed by atoms with Crippen LogP contribution in [0.3, 0.4) is 0 Å². The highest BCUT2D eigenvalue weighted by Gasteiger charge is 2.47. The standard InChI is InChI=1S/C23H29N7O4/c24-20-16-21(27-12-26-20)30(13-28-16)23-18(32)17(31)19(34-23)22(33)25-10-14-6-8-29(9-7-14)11-15-4-2-1-3-5-15/h1-5,12-14,17-19,23,31-32H,6-11H2,(H,25,33)(H2,24,26,27)/t17-,18+,19-,23+/m0/s1. The fourth-order valence-electron chi connectivity index (χ4n) is 4.70. The Morgan fingerprint density at radius 3 is 2.65 bits per heavy atom. The molecule has 0 aliphatic carbocycles. The summed E-state index contributed by atoms with van der Waals surface area (Å²) >= 11 is 0. The van der Waals surface area contributed by atoms with Crippen LogP contribution in [0.4, 0.5) is 5.82 Å². The number of carbonyl (C=O) groups is 1. The van der Waals surface area contributed by atoms with Crippen molar-refractivity contribution in [2.45, 2.75) is 43.9 Å². The average molecular weight is 468 g/mol. The lowest BCUT2D eigenvalue weighted by Gasteiger charge is -2.32. The molecule has 4 atom stereocenters. The molecule has 0 radical (unpaired) electrons. The number of anilines is 1. The number of aliphatic hydroxyl groups is 2. The van der Waals surface area contributed by atoms with E-state index in [1.54, 1.807) is 0 Å². The number of aromatic nitrogens is 4. The highest BCUT2D eigenvalue weighted by Crippen LogP contribution is 2.32. The predicted molar refractivity (Wildman–Crippen MR) is 123 cm³/mol. The minimum Gasteiger partial charge on any atom is -0.387 e. The molecule has 34 heavy (non-hydrogen) atoms. The van der Waals surface area contributed by atoms with Crippen molar-refractivity contribution in [2.24, 2.45) is 5.92 Å². The van der Waals surface area contributed by atoms with Gasteiger partial charge < -0.3 is 26.0 Å². The topological polar surface area (TPSA) is 152 Å². The minimum absolute atomic E-state index is 0.195. The second-order valence-electron chi connectivity index (χ2n) is 8.96. The summed E-state index contributed by atoms with van der Waals surface area (Å²) in [6, 6.07) is 10.4. The summed E-state index contributed by atoms with van der Waals surface area (Å²) in [5, 5.41) is 24.0. The van der Waals surface area contributed by atoms with E-state index in [4.69, 9.17) is 10.5 Å². The Kier molecular flexibility index (Phi) is 6.42. The number of hydrogen-bond donors (Lipinski definition) is 4. The first kappa shape index (κ1) is 22.7. The molecule has 0 saturated carbocycles. The second-order valence-corrected chi connectivity index (χ2v) is 8.96. The van der Waals surface area contributed by atoms with E-state index in [0.29, 0.717) is 23.6 Å². The molecular formula is C23H29N7O4. The Labute approximate surface area is 196 Å². The Morgan fingerprint density at radius 2 is 1.88 bits per heavy atom. The van der Waals surface area contributed by atoms with Gasteiger partial charge in [-0.25, -0.2) is 15.0 Å². The summed E-state index contributed by atoms with van der Waals surface area (Å²) in [5.74, 6) is 0.104. The molecule has 2 aromatic heterocycles. The van der Waals surface area contributed by atoms with Crippen molar-refractivity contribution < 1.29 is 19.7 Å². The molecule has 2 fully saturated rings. The first-order valence-electron chi connectivity index (χ1n) is 11.5. The molecule has 5 rings (SSSR count). The smallest absolute Gasteiger partial charge is 0.252 e. The number of rotatable bonds is 6. The number of likely N-dealkylation sites (tertiary alicyclic amines) is 1. The van der Waals surface area contributed by atoms with Gasteiger partial charge in [0.2, 0.25) is 0 Å². The molecule has 2 saturated heterocycles. The van der Waals surface area contributed by atoms with E-state index in [-0.39, 0.29) is 5.82 Å². The molecule has 0 bridgehead atoms. The van der Waals surface area contributed by atoms with Crippen molar-refractivity contribution in [1.29, 1.82) is 0 Å². The number of piperidine rings is 1. The van der Waals surface area contributed by atoms with Crippen molar-refractivity contribution in [3.05, 3.63) is 48.5 Å². The number of benzene rings is 1. The van der Waals surface area contributed by atoms with Crippen LogP contribution in [0.25, 0.3) is 11.2 Å². The van der Waals surface area contributed by atoms with Gasteiger partial charge in [0.1, 0.15) is 24.1 Å². The van der Waals surface area contributed by atoms with Gasteiger partial charge in [-0.2, -0.15) is 0 Å². The van der Waals surface area contributed by atoms with Crippen LogP contribution in [0.5, 0.6) is 0 Å². The maximum Gasteiger partial charge on any atom is 0.252 e. The first-order valence-corrected chi connectivity index (χ1v) is 11.5. The molecule has 11 nitrogen and oxygen atoms in total. The van der Waals surface area contributed by atoms with Gasteiger partial charge >= 0.3 is 0 Å². The number of aliphatic hydroxyl groups excluding tert-OH is 2. The Morgan fingerprint density at radius 1 is 1.12 bits per heavy atom. The van der Waals surface area contributed by atoms with E-state index in [0.717, 1.165) is 32.5 Å². The van der Waals surface area contributed by atoms with Crippen LogP contribution in [0.1, 0.15) is 24.6 Å². The van der Waals surface area contributed by atoms with Crippen molar-refractivity contribution in [1.82, 2.24) is 29.7 Å². The minimum atomic E-state index is -1.38. The maximum atomic E-state index is 12.8. The van der Waals surface area contributed by atoms with Gasteiger partial charge in [0.05, 0.1) is 6.33 Å². The summed E-state index contributed by atoms with van der Waals surface area (Å²) in [7, 11) is 0. The summed E-state index contributed by atoms with van der Waals surface area (Å²) in [6.45, 7) is 3.37. The third-order valence-corrected chi connectivity index (χ3v) is 6.68. The van der Waals surface area contributed by atoms with Crippen LogP contribution in [0, 0.1) is 5.92 Å². The van der Waals surface area contributed by atoms with E-state index in [1.807, 2.05) is 6.07 Å². The molecule has 1 amide bonds. The first-order chi connectivity index (χ1) is 16.5. The van der Waals surface area contributed by atoms with Crippen LogP contribution < -0.4 is 11.1 Å². The van der Waals surface area contributed by atoms with Crippen LogP contribution in [-0.2, 0) is 16.1 Å². The number of imidazole rings is 1. The summed E-state index contributed by atoms with van der Waals surface area (Å²) in [4.78, 5) is 27.4. The molecule has 180 valence electrons. The van der Waals surface area contributed by atoms with Gasteiger partial charge in [-0.1, -0.05) is 30.3 Å². The van der Waals surface area contributed by atoms with Gasteiger partial charge in [0.15, 0.2) is 23.8 Å². The van der Waals surface area contributed by atoms with Crippen LogP contribution in [-0.4, -0.2) is 78.5 Å². The van der Waals surface area contributed by atoms with E-state index in [1.165, 1.54) is 22.8 Å². The van der Waals surface area contributed by atoms with Crippen molar-refractivity contribution in [3.8, 4) is 0 Å². The summed E-state index contributed by atoms with van der Waals surface area (Å²) in [5.41, 5.74) is 7.83. The number of nitrogens with zero attached hydrogens (tertiary/aromatic N) is 5. The number of hydrogen-bond acceptors (Lipinski definition) is 9. The molecule has 5 N–H and O–H groups in total. The highest BCUT2D eigenvalue weighted by atomic mass is 16.6. The molecule has 0 spiro atoms. The Hall–Kier alpha value is -3.12. The fraction of sp³-hybridized carbons (Fsp3) is 0.478. The molecule has 2 aliphatic heterocycles. The number of ether oxygens (including phenoxy) is 1. The van der Waals surface area contributed by atoms with Crippen LogP contribution in [0.15, 0.2) is 43.0 Å². The zero-order valence-corrected chi connectivity index (χ0v) is 18.7. The molecule has 0 unspecified atom stereocenters. The van der Waals surface area contributed by atoms with Gasteiger partial charge in [0.25, 0.3) is 5.91 Å². The van der Waals surface area contributed by atoms with Gasteiger partial charge in [-0.3, -0.25) is 14.3 Å². The maximum absolute atomic E-state index is 12.8. The largest absolute Gasteiger partial charge is 0.387 e. The lowest BCUT2D eigenvalue weighted by Crippen LogP contribution is -2.45. The Bertz CT molecular complexity index is 1130. The van der Waals surface area contributed by atoms with Gasteiger partial charge in [-0.05, 0) is 37.4 Å². The van der Waals surface area contributed by atoms with E-state index in [9.17, 15) is 15.0 Å². The second kappa shape index (κ2) is 9.63. The fourth-order valence-corrected chi connectivity index (χ4v) is 4.70. The van der Waals surface area contributed by atoms with E-state index >= 15 is 0 Å². The SMILES string of the molecule is Nc1ncnc2c1ncn2[C@@H]1O[C@H](C(=O)NCC2CCN(Cc3ccccc3)CC2)[C@@H](O)[C@H]1O. The zero-order valence-electron chi connectivity index (χ0n) is 18.7. The monoisotopic (exact) mass is 467 g/mol. The van der Waals surface area contributed by atoms with Crippen molar-refractivity contribution >= 4 is 22.9 Å². The molecular weight excluding hydrogens is 438 g/mol. The third kappa shape index (κ3) is 4.47. The van der Waals surface area contributed by atoms with Crippen LogP contribution >= 0.6 is 0 Å². The number of carbonyl (C=O) groups excluding carboxylic acids is 1. The number of fused-ring (bicyclic) bond motifs is 1. The van der Waals surface area contributed by atoms with E-state index < -0.39 is 30.4 Å². The van der Waals surface area contributed by atoms with Gasteiger partial charge in [0, 0.05) is 13.1 Å². The molecule has 4 heterocycles. The average Bonchev–Trinajstić information content (AvgIpc) is 3.41. The zero-order chi connectivity index (χ0) is 23.7.